The highest BCUT2D eigenvalue weighted by Gasteiger charge is 2.16. The van der Waals surface area contributed by atoms with Crippen molar-refractivity contribution in [2.45, 2.75) is 13.0 Å². The molecular weight excluding hydrogens is 315 g/mol. The molecule has 0 aliphatic rings. The number of aromatic nitrogens is 3. The standard InChI is InChI=1S/C13H10ClFN4OS/c1-6(16)13-17-10(5-21-13)12-18-11(19-20-12)8-3-2-7(15)4-9(8)14/h2-6H,16H2,1H3. The van der Waals surface area contributed by atoms with Crippen molar-refractivity contribution >= 4 is 22.9 Å². The Bertz CT molecular complexity index is 786. The van der Waals surface area contributed by atoms with E-state index in [0.29, 0.717) is 11.3 Å². The Hall–Kier alpha value is -1.83. The van der Waals surface area contributed by atoms with Crippen LogP contribution in [-0.4, -0.2) is 15.1 Å². The number of rotatable bonds is 3. The molecule has 3 rings (SSSR count). The summed E-state index contributed by atoms with van der Waals surface area (Å²) in [5.74, 6) is 0.132. The fraction of sp³-hybridized carbons (Fsp3) is 0.154. The minimum Gasteiger partial charge on any atom is -0.332 e. The quantitative estimate of drug-likeness (QED) is 0.795. The number of hydrogen-bond acceptors (Lipinski definition) is 6. The molecule has 2 N–H and O–H groups in total. The summed E-state index contributed by atoms with van der Waals surface area (Å²) in [6.45, 7) is 1.85. The van der Waals surface area contributed by atoms with Crippen molar-refractivity contribution < 1.29 is 8.91 Å². The van der Waals surface area contributed by atoms with Crippen LogP contribution in [-0.2, 0) is 0 Å². The van der Waals surface area contributed by atoms with Crippen LogP contribution in [0.1, 0.15) is 18.0 Å². The summed E-state index contributed by atoms with van der Waals surface area (Å²) < 4.78 is 18.2. The summed E-state index contributed by atoms with van der Waals surface area (Å²) in [6.07, 6.45) is 0. The molecular formula is C13H10ClFN4OS. The van der Waals surface area contributed by atoms with E-state index >= 15 is 0 Å². The minimum atomic E-state index is -0.423. The molecule has 0 spiro atoms. The van der Waals surface area contributed by atoms with Gasteiger partial charge in [0.2, 0.25) is 5.82 Å². The lowest BCUT2D eigenvalue weighted by Crippen LogP contribution is -2.03. The van der Waals surface area contributed by atoms with Gasteiger partial charge >= 0.3 is 0 Å². The highest BCUT2D eigenvalue weighted by atomic mass is 35.5. The molecule has 0 saturated carbocycles. The monoisotopic (exact) mass is 324 g/mol. The van der Waals surface area contributed by atoms with Crippen molar-refractivity contribution in [1.29, 1.82) is 0 Å². The molecule has 108 valence electrons. The van der Waals surface area contributed by atoms with E-state index in [1.807, 2.05) is 6.92 Å². The lowest BCUT2D eigenvalue weighted by Gasteiger charge is -1.97. The molecule has 5 nitrogen and oxygen atoms in total. The molecule has 2 aromatic heterocycles. The Kier molecular flexibility index (Phi) is 3.71. The zero-order chi connectivity index (χ0) is 15.0. The molecule has 0 aliphatic heterocycles. The van der Waals surface area contributed by atoms with Crippen LogP contribution in [0.15, 0.2) is 28.1 Å². The molecule has 2 heterocycles. The van der Waals surface area contributed by atoms with Gasteiger partial charge in [-0.25, -0.2) is 9.37 Å². The van der Waals surface area contributed by atoms with E-state index in [2.05, 4.69) is 15.1 Å². The van der Waals surface area contributed by atoms with E-state index in [0.717, 1.165) is 5.01 Å². The van der Waals surface area contributed by atoms with Gasteiger partial charge in [0.15, 0.2) is 0 Å². The molecule has 0 saturated heterocycles. The van der Waals surface area contributed by atoms with Gasteiger partial charge < -0.3 is 10.3 Å². The van der Waals surface area contributed by atoms with Crippen molar-refractivity contribution in [1.82, 2.24) is 15.1 Å². The normalized spacial score (nSPS) is 12.6. The number of halogens is 2. The highest BCUT2D eigenvalue weighted by molar-refractivity contribution is 7.10. The number of nitrogens with two attached hydrogens (primary N) is 1. The molecule has 0 radical (unpaired) electrons. The maximum absolute atomic E-state index is 13.0. The van der Waals surface area contributed by atoms with Gasteiger partial charge in [-0.3, -0.25) is 0 Å². The van der Waals surface area contributed by atoms with E-state index in [-0.39, 0.29) is 22.8 Å². The Balaban J connectivity index is 1.95. The third kappa shape index (κ3) is 2.80. The van der Waals surface area contributed by atoms with Crippen LogP contribution >= 0.6 is 22.9 Å². The van der Waals surface area contributed by atoms with E-state index in [4.69, 9.17) is 21.9 Å². The first-order chi connectivity index (χ1) is 10.0. The second kappa shape index (κ2) is 5.51. The first-order valence-electron chi connectivity index (χ1n) is 6.05. The molecule has 0 fully saturated rings. The Morgan fingerprint density at radius 3 is 2.86 bits per heavy atom. The third-order valence-corrected chi connectivity index (χ3v) is 4.09. The van der Waals surface area contributed by atoms with Gasteiger partial charge in [0.25, 0.3) is 5.89 Å². The zero-order valence-corrected chi connectivity index (χ0v) is 12.5. The summed E-state index contributed by atoms with van der Waals surface area (Å²) in [4.78, 5) is 8.56. The van der Waals surface area contributed by atoms with Crippen molar-refractivity contribution in [2.75, 3.05) is 0 Å². The van der Waals surface area contributed by atoms with E-state index in [1.54, 1.807) is 5.38 Å². The Morgan fingerprint density at radius 2 is 2.19 bits per heavy atom. The smallest absolute Gasteiger partial charge is 0.277 e. The second-order valence-electron chi connectivity index (χ2n) is 4.41. The lowest BCUT2D eigenvalue weighted by atomic mass is 10.2. The molecule has 1 unspecified atom stereocenters. The van der Waals surface area contributed by atoms with Gasteiger partial charge in [-0.2, -0.15) is 4.98 Å². The summed E-state index contributed by atoms with van der Waals surface area (Å²) in [7, 11) is 0. The van der Waals surface area contributed by atoms with Crippen LogP contribution in [0, 0.1) is 5.82 Å². The number of benzene rings is 1. The highest BCUT2D eigenvalue weighted by Crippen LogP contribution is 2.29. The van der Waals surface area contributed by atoms with Crippen LogP contribution in [0.25, 0.3) is 23.0 Å². The first kappa shape index (κ1) is 14.1. The maximum atomic E-state index is 13.0. The number of thiazole rings is 1. The second-order valence-corrected chi connectivity index (χ2v) is 5.70. The molecule has 0 amide bonds. The summed E-state index contributed by atoms with van der Waals surface area (Å²) in [6, 6.07) is 3.83. The van der Waals surface area contributed by atoms with Gasteiger partial charge in [-0.15, -0.1) is 11.3 Å². The lowest BCUT2D eigenvalue weighted by molar-refractivity contribution is 0.431. The van der Waals surface area contributed by atoms with Gasteiger partial charge in [0, 0.05) is 10.9 Å². The molecule has 8 heteroatoms. The van der Waals surface area contributed by atoms with Crippen molar-refractivity contribution in [3.63, 3.8) is 0 Å². The Morgan fingerprint density at radius 1 is 1.38 bits per heavy atom. The van der Waals surface area contributed by atoms with Crippen LogP contribution < -0.4 is 5.73 Å². The van der Waals surface area contributed by atoms with Gasteiger partial charge in [0.05, 0.1) is 11.1 Å². The van der Waals surface area contributed by atoms with Gasteiger partial charge in [0.1, 0.15) is 16.5 Å². The molecule has 3 aromatic rings. The summed E-state index contributed by atoms with van der Waals surface area (Å²) in [5.41, 5.74) is 6.82. The summed E-state index contributed by atoms with van der Waals surface area (Å²) >= 11 is 7.40. The van der Waals surface area contributed by atoms with E-state index in [9.17, 15) is 4.39 Å². The van der Waals surface area contributed by atoms with E-state index in [1.165, 1.54) is 29.5 Å². The predicted octanol–water partition coefficient (Wildman–Crippen LogP) is 3.67. The van der Waals surface area contributed by atoms with Gasteiger partial charge in [-0.1, -0.05) is 16.8 Å². The zero-order valence-electron chi connectivity index (χ0n) is 10.9. The molecule has 21 heavy (non-hydrogen) atoms. The first-order valence-corrected chi connectivity index (χ1v) is 7.31. The number of nitrogens with zero attached hydrogens (tertiary/aromatic N) is 3. The average Bonchev–Trinajstić information content (AvgIpc) is 3.07. The maximum Gasteiger partial charge on any atom is 0.277 e. The van der Waals surface area contributed by atoms with Gasteiger partial charge in [-0.05, 0) is 25.1 Å². The third-order valence-electron chi connectivity index (χ3n) is 2.73. The fourth-order valence-electron chi connectivity index (χ4n) is 1.70. The van der Waals surface area contributed by atoms with Crippen LogP contribution in [0.2, 0.25) is 5.02 Å². The van der Waals surface area contributed by atoms with E-state index < -0.39 is 5.82 Å². The van der Waals surface area contributed by atoms with Crippen LogP contribution in [0.3, 0.4) is 0 Å². The molecule has 1 atom stereocenters. The minimum absolute atomic E-state index is 0.155. The SMILES string of the molecule is CC(N)c1nc(-c2nc(-c3ccc(F)cc3Cl)no2)cs1. The fourth-order valence-corrected chi connectivity index (χ4v) is 2.71. The molecule has 1 aromatic carbocycles. The Labute approximate surface area is 128 Å². The van der Waals surface area contributed by atoms with Crippen LogP contribution in [0.4, 0.5) is 4.39 Å². The van der Waals surface area contributed by atoms with Crippen LogP contribution in [0.5, 0.6) is 0 Å². The predicted molar refractivity (Wildman–Crippen MR) is 78.4 cm³/mol. The van der Waals surface area contributed by atoms with Crippen molar-refractivity contribution in [3.8, 4) is 23.0 Å². The van der Waals surface area contributed by atoms with Crippen molar-refractivity contribution in [2.24, 2.45) is 5.73 Å². The summed E-state index contributed by atoms with van der Waals surface area (Å²) in [5, 5.41) is 6.64. The average molecular weight is 325 g/mol. The topological polar surface area (TPSA) is 77.8 Å². The largest absolute Gasteiger partial charge is 0.332 e. The molecule has 0 bridgehead atoms. The van der Waals surface area contributed by atoms with Crippen molar-refractivity contribution in [3.05, 3.63) is 39.4 Å². The number of hydrogen-bond donors (Lipinski definition) is 1. The molecule has 0 aliphatic carbocycles.